The minimum Gasteiger partial charge on any atom is -0.497 e. The van der Waals surface area contributed by atoms with E-state index in [1.165, 1.54) is 32.6 Å². The fourth-order valence-corrected chi connectivity index (χ4v) is 3.23. The van der Waals surface area contributed by atoms with Gasteiger partial charge in [-0.15, -0.1) is 0 Å². The third kappa shape index (κ3) is 7.27. The molecular formula is C20H35N5O2. The van der Waals surface area contributed by atoms with Crippen LogP contribution in [0.1, 0.15) is 18.4 Å². The van der Waals surface area contributed by atoms with Crippen LogP contribution in [-0.4, -0.2) is 83.3 Å². The lowest BCUT2D eigenvalue weighted by atomic mass is 10.2. The number of rotatable bonds is 8. The third-order valence-corrected chi connectivity index (χ3v) is 4.92. The first-order valence-corrected chi connectivity index (χ1v) is 9.72. The van der Waals surface area contributed by atoms with Gasteiger partial charge in [-0.05, 0) is 51.7 Å². The maximum atomic E-state index is 5.45. The summed E-state index contributed by atoms with van der Waals surface area (Å²) >= 11 is 0. The highest BCUT2D eigenvalue weighted by molar-refractivity contribution is 5.79. The molecule has 0 bridgehead atoms. The number of hydrogen-bond donors (Lipinski definition) is 2. The summed E-state index contributed by atoms with van der Waals surface area (Å²) in [4.78, 5) is 9.28. The van der Waals surface area contributed by atoms with Crippen molar-refractivity contribution in [3.05, 3.63) is 23.8 Å². The van der Waals surface area contributed by atoms with Crippen LogP contribution in [0, 0.1) is 0 Å². The number of benzene rings is 1. The van der Waals surface area contributed by atoms with Gasteiger partial charge in [-0.1, -0.05) is 0 Å². The van der Waals surface area contributed by atoms with Gasteiger partial charge in [0.25, 0.3) is 0 Å². The molecule has 1 fully saturated rings. The maximum absolute atomic E-state index is 5.45. The van der Waals surface area contributed by atoms with Crippen LogP contribution in [0.4, 0.5) is 0 Å². The van der Waals surface area contributed by atoms with Crippen molar-refractivity contribution in [2.75, 3.05) is 67.6 Å². The zero-order valence-corrected chi connectivity index (χ0v) is 17.3. The molecule has 1 aromatic rings. The lowest BCUT2D eigenvalue weighted by Gasteiger charge is -2.20. The second-order valence-corrected chi connectivity index (χ2v) is 6.88. The van der Waals surface area contributed by atoms with Crippen molar-refractivity contribution in [1.82, 2.24) is 20.4 Å². The summed E-state index contributed by atoms with van der Waals surface area (Å²) in [5, 5.41) is 6.75. The molecule has 2 rings (SSSR count). The van der Waals surface area contributed by atoms with Gasteiger partial charge in [0, 0.05) is 44.9 Å². The predicted octanol–water partition coefficient (Wildman–Crippen LogP) is 1.40. The number of aliphatic imine (C=N–C) groups is 1. The highest BCUT2D eigenvalue weighted by atomic mass is 16.5. The largest absolute Gasteiger partial charge is 0.497 e. The SMILES string of the molecule is CN=C(NCCCN1CCCN(C)CC1)NCc1ccc(OC)cc1OC. The minimum absolute atomic E-state index is 0.644. The summed E-state index contributed by atoms with van der Waals surface area (Å²) in [6, 6.07) is 5.84. The summed E-state index contributed by atoms with van der Waals surface area (Å²) in [6.07, 6.45) is 2.37. The number of ether oxygens (including phenoxy) is 2. The number of guanidine groups is 1. The van der Waals surface area contributed by atoms with Gasteiger partial charge in [-0.3, -0.25) is 4.99 Å². The van der Waals surface area contributed by atoms with Gasteiger partial charge in [0.15, 0.2) is 5.96 Å². The highest BCUT2D eigenvalue weighted by Crippen LogP contribution is 2.24. The fraction of sp³-hybridized carbons (Fsp3) is 0.650. The van der Waals surface area contributed by atoms with E-state index in [-0.39, 0.29) is 0 Å². The molecule has 7 heteroatoms. The van der Waals surface area contributed by atoms with Gasteiger partial charge < -0.3 is 29.9 Å². The van der Waals surface area contributed by atoms with E-state index in [0.29, 0.717) is 6.54 Å². The standard InChI is InChI=1S/C20H35N5O2/c1-21-20(22-9-5-11-25-12-6-10-24(2)13-14-25)23-16-17-7-8-18(26-3)15-19(17)27-4/h7-8,15H,5-6,9-14,16H2,1-4H3,(H2,21,22,23). The normalized spacial score (nSPS) is 16.7. The first-order chi connectivity index (χ1) is 13.2. The van der Waals surface area contributed by atoms with E-state index in [0.717, 1.165) is 42.5 Å². The number of likely N-dealkylation sites (N-methyl/N-ethyl adjacent to an activating group) is 1. The Hall–Kier alpha value is -1.99. The molecule has 27 heavy (non-hydrogen) atoms. The molecule has 1 aliphatic rings. The van der Waals surface area contributed by atoms with Crippen molar-refractivity contribution < 1.29 is 9.47 Å². The molecule has 1 aliphatic heterocycles. The molecule has 0 spiro atoms. The van der Waals surface area contributed by atoms with Gasteiger partial charge in [0.05, 0.1) is 14.2 Å². The Balaban J connectivity index is 1.71. The van der Waals surface area contributed by atoms with Crippen molar-refractivity contribution in [3.8, 4) is 11.5 Å². The molecule has 0 atom stereocenters. The molecule has 0 aliphatic carbocycles. The molecular weight excluding hydrogens is 342 g/mol. The smallest absolute Gasteiger partial charge is 0.191 e. The average molecular weight is 378 g/mol. The summed E-state index contributed by atoms with van der Waals surface area (Å²) in [6.45, 7) is 7.43. The Bertz CT molecular complexity index is 594. The first kappa shape index (κ1) is 21.3. The Morgan fingerprint density at radius 3 is 2.70 bits per heavy atom. The predicted molar refractivity (Wildman–Crippen MR) is 111 cm³/mol. The lowest BCUT2D eigenvalue weighted by Crippen LogP contribution is -2.38. The van der Waals surface area contributed by atoms with Gasteiger partial charge in [-0.25, -0.2) is 0 Å². The van der Waals surface area contributed by atoms with E-state index >= 15 is 0 Å². The number of nitrogens with one attached hydrogen (secondary N) is 2. The zero-order valence-electron chi connectivity index (χ0n) is 17.3. The Labute approximate surface area is 163 Å². The van der Waals surface area contributed by atoms with Crippen molar-refractivity contribution >= 4 is 5.96 Å². The zero-order chi connectivity index (χ0) is 19.5. The van der Waals surface area contributed by atoms with E-state index in [9.17, 15) is 0 Å². The van der Waals surface area contributed by atoms with Gasteiger partial charge in [0.2, 0.25) is 0 Å². The molecule has 1 heterocycles. The molecule has 1 saturated heterocycles. The number of nitrogens with zero attached hydrogens (tertiary/aromatic N) is 3. The molecule has 2 N–H and O–H groups in total. The van der Waals surface area contributed by atoms with E-state index in [1.54, 1.807) is 21.3 Å². The maximum Gasteiger partial charge on any atom is 0.191 e. The molecule has 0 amide bonds. The van der Waals surface area contributed by atoms with Crippen molar-refractivity contribution in [2.45, 2.75) is 19.4 Å². The van der Waals surface area contributed by atoms with Crippen LogP contribution < -0.4 is 20.1 Å². The summed E-state index contributed by atoms with van der Waals surface area (Å²) < 4.78 is 10.7. The van der Waals surface area contributed by atoms with Crippen LogP contribution in [-0.2, 0) is 6.54 Å². The summed E-state index contributed by atoms with van der Waals surface area (Å²) in [5.74, 6) is 2.41. The second-order valence-electron chi connectivity index (χ2n) is 6.88. The molecule has 0 saturated carbocycles. The van der Waals surface area contributed by atoms with E-state index in [1.807, 2.05) is 18.2 Å². The Morgan fingerprint density at radius 1 is 1.11 bits per heavy atom. The van der Waals surface area contributed by atoms with E-state index in [2.05, 4.69) is 32.5 Å². The van der Waals surface area contributed by atoms with Crippen molar-refractivity contribution in [3.63, 3.8) is 0 Å². The van der Waals surface area contributed by atoms with E-state index < -0.39 is 0 Å². The summed E-state index contributed by atoms with van der Waals surface area (Å²) in [7, 11) is 7.33. The Kier molecular flexibility index (Phi) is 9.21. The summed E-state index contributed by atoms with van der Waals surface area (Å²) in [5.41, 5.74) is 1.06. The van der Waals surface area contributed by atoms with E-state index in [4.69, 9.17) is 9.47 Å². The van der Waals surface area contributed by atoms with Gasteiger partial charge in [-0.2, -0.15) is 0 Å². The van der Waals surface area contributed by atoms with Crippen molar-refractivity contribution in [2.24, 2.45) is 4.99 Å². The van der Waals surface area contributed by atoms with Crippen molar-refractivity contribution in [1.29, 1.82) is 0 Å². The van der Waals surface area contributed by atoms with Gasteiger partial charge >= 0.3 is 0 Å². The molecule has 0 radical (unpaired) electrons. The fourth-order valence-electron chi connectivity index (χ4n) is 3.23. The van der Waals surface area contributed by atoms with Gasteiger partial charge in [0.1, 0.15) is 11.5 Å². The Morgan fingerprint density at radius 2 is 1.96 bits per heavy atom. The second kappa shape index (κ2) is 11.7. The highest BCUT2D eigenvalue weighted by Gasteiger charge is 2.11. The molecule has 0 aromatic heterocycles. The number of hydrogen-bond acceptors (Lipinski definition) is 5. The quantitative estimate of drug-likeness (QED) is 0.406. The van der Waals surface area contributed by atoms with Crippen LogP contribution in [0.3, 0.4) is 0 Å². The lowest BCUT2D eigenvalue weighted by molar-refractivity contribution is 0.274. The van der Waals surface area contributed by atoms with Crippen LogP contribution in [0.15, 0.2) is 23.2 Å². The number of methoxy groups -OCH3 is 2. The average Bonchev–Trinajstić information content (AvgIpc) is 2.91. The molecule has 0 unspecified atom stereocenters. The molecule has 7 nitrogen and oxygen atoms in total. The molecule has 152 valence electrons. The monoisotopic (exact) mass is 377 g/mol. The minimum atomic E-state index is 0.644. The topological polar surface area (TPSA) is 61.4 Å². The first-order valence-electron chi connectivity index (χ1n) is 9.72. The third-order valence-electron chi connectivity index (χ3n) is 4.92. The van der Waals surface area contributed by atoms with Crippen LogP contribution >= 0.6 is 0 Å². The molecule has 1 aromatic carbocycles. The van der Waals surface area contributed by atoms with Crippen LogP contribution in [0.2, 0.25) is 0 Å². The van der Waals surface area contributed by atoms with Crippen LogP contribution in [0.25, 0.3) is 0 Å². The van der Waals surface area contributed by atoms with Crippen LogP contribution in [0.5, 0.6) is 11.5 Å².